The largest absolute Gasteiger partial charge is 0.376 e. The van der Waals surface area contributed by atoms with Gasteiger partial charge in [0.15, 0.2) is 0 Å². The average Bonchev–Trinajstić information content (AvgIpc) is 2.28. The van der Waals surface area contributed by atoms with E-state index in [9.17, 15) is 13.2 Å². The molecule has 0 aliphatic carbocycles. The molecule has 18 heavy (non-hydrogen) atoms. The van der Waals surface area contributed by atoms with Crippen LogP contribution in [0.25, 0.3) is 0 Å². The van der Waals surface area contributed by atoms with Crippen molar-refractivity contribution in [2.45, 2.75) is 26.9 Å². The fourth-order valence-corrected chi connectivity index (χ4v) is 3.08. The second-order valence-electron chi connectivity index (χ2n) is 4.80. The molecule has 0 aromatic heterocycles. The lowest BCUT2D eigenvalue weighted by Crippen LogP contribution is -2.46. The van der Waals surface area contributed by atoms with Crippen molar-refractivity contribution in [1.29, 1.82) is 0 Å². The van der Waals surface area contributed by atoms with E-state index in [1.807, 2.05) is 6.92 Å². The molecule has 0 bridgehead atoms. The standard InChI is InChI=1S/C11H22N2O4S/c1-9(2)11(14)12-4-7-18(15,16)13-5-6-17-10(3)8-13/h9-10H,4-8H2,1-3H3,(H,12,14). The highest BCUT2D eigenvalue weighted by Gasteiger charge is 2.27. The van der Waals surface area contributed by atoms with Crippen LogP contribution < -0.4 is 5.32 Å². The lowest BCUT2D eigenvalue weighted by atomic mass is 10.2. The van der Waals surface area contributed by atoms with E-state index < -0.39 is 10.0 Å². The first kappa shape index (κ1) is 15.4. The number of hydrogen-bond acceptors (Lipinski definition) is 4. The number of amides is 1. The summed E-state index contributed by atoms with van der Waals surface area (Å²) in [6.07, 6.45) is -0.0706. The van der Waals surface area contributed by atoms with Crippen molar-refractivity contribution in [3.63, 3.8) is 0 Å². The summed E-state index contributed by atoms with van der Waals surface area (Å²) in [5, 5.41) is 2.61. The van der Waals surface area contributed by atoms with Crippen LogP contribution in [0.1, 0.15) is 20.8 Å². The first-order valence-electron chi connectivity index (χ1n) is 6.20. The molecule has 1 amide bonds. The van der Waals surface area contributed by atoms with E-state index >= 15 is 0 Å². The van der Waals surface area contributed by atoms with E-state index in [2.05, 4.69) is 5.32 Å². The minimum Gasteiger partial charge on any atom is -0.376 e. The van der Waals surface area contributed by atoms with Gasteiger partial charge in [-0.05, 0) is 6.92 Å². The van der Waals surface area contributed by atoms with Crippen molar-refractivity contribution < 1.29 is 17.9 Å². The molecular weight excluding hydrogens is 256 g/mol. The molecule has 1 aliphatic heterocycles. The Labute approximate surface area is 109 Å². The van der Waals surface area contributed by atoms with Gasteiger partial charge in [0.2, 0.25) is 15.9 Å². The molecule has 0 radical (unpaired) electrons. The van der Waals surface area contributed by atoms with Crippen LogP contribution in [-0.4, -0.2) is 56.7 Å². The minimum atomic E-state index is -3.30. The molecule has 6 nitrogen and oxygen atoms in total. The van der Waals surface area contributed by atoms with Gasteiger partial charge in [-0.2, -0.15) is 4.31 Å². The number of morpholine rings is 1. The zero-order chi connectivity index (χ0) is 13.8. The van der Waals surface area contributed by atoms with Crippen LogP contribution in [0.15, 0.2) is 0 Å². The molecule has 7 heteroatoms. The second-order valence-corrected chi connectivity index (χ2v) is 6.89. The van der Waals surface area contributed by atoms with Crippen molar-refractivity contribution in [2.75, 3.05) is 32.0 Å². The summed E-state index contributed by atoms with van der Waals surface area (Å²) in [4.78, 5) is 11.3. The van der Waals surface area contributed by atoms with Crippen LogP contribution in [0.4, 0.5) is 0 Å². The fourth-order valence-electron chi connectivity index (χ4n) is 1.68. The molecule has 0 aromatic rings. The molecule has 0 saturated carbocycles. The molecule has 1 rings (SSSR count). The Kier molecular flexibility index (Phi) is 5.55. The molecule has 0 aromatic carbocycles. The zero-order valence-electron chi connectivity index (χ0n) is 11.2. The monoisotopic (exact) mass is 278 g/mol. The average molecular weight is 278 g/mol. The van der Waals surface area contributed by atoms with Crippen LogP contribution in [0.2, 0.25) is 0 Å². The van der Waals surface area contributed by atoms with Crippen molar-refractivity contribution in [3.05, 3.63) is 0 Å². The summed E-state index contributed by atoms with van der Waals surface area (Å²) in [6.45, 7) is 6.76. The maximum absolute atomic E-state index is 12.0. The highest BCUT2D eigenvalue weighted by atomic mass is 32.2. The topological polar surface area (TPSA) is 75.7 Å². The van der Waals surface area contributed by atoms with Crippen molar-refractivity contribution in [1.82, 2.24) is 9.62 Å². The highest BCUT2D eigenvalue weighted by molar-refractivity contribution is 7.89. The van der Waals surface area contributed by atoms with E-state index in [-0.39, 0.29) is 30.2 Å². The van der Waals surface area contributed by atoms with Gasteiger partial charge in [0, 0.05) is 25.6 Å². The third kappa shape index (κ3) is 4.55. The summed E-state index contributed by atoms with van der Waals surface area (Å²) in [5.41, 5.74) is 0. The Morgan fingerprint density at radius 1 is 1.50 bits per heavy atom. The number of nitrogens with zero attached hydrogens (tertiary/aromatic N) is 1. The second kappa shape index (κ2) is 6.49. The van der Waals surface area contributed by atoms with Gasteiger partial charge in [0.1, 0.15) is 0 Å². The summed E-state index contributed by atoms with van der Waals surface area (Å²) in [6, 6.07) is 0. The molecule has 1 saturated heterocycles. The Bertz CT molecular complexity index is 381. The van der Waals surface area contributed by atoms with E-state index in [1.54, 1.807) is 13.8 Å². The molecule has 1 N–H and O–H groups in total. The molecule has 1 heterocycles. The number of ether oxygens (including phenoxy) is 1. The zero-order valence-corrected chi connectivity index (χ0v) is 12.0. The van der Waals surface area contributed by atoms with Gasteiger partial charge < -0.3 is 10.1 Å². The Morgan fingerprint density at radius 2 is 2.17 bits per heavy atom. The van der Waals surface area contributed by atoms with Crippen LogP contribution in [0.5, 0.6) is 0 Å². The predicted octanol–water partition coefficient (Wildman–Crippen LogP) is -0.191. The van der Waals surface area contributed by atoms with Crippen molar-refractivity contribution in [3.8, 4) is 0 Å². The molecule has 1 unspecified atom stereocenters. The molecule has 106 valence electrons. The van der Waals surface area contributed by atoms with Gasteiger partial charge in [0.05, 0.1) is 18.5 Å². The fraction of sp³-hybridized carbons (Fsp3) is 0.909. The first-order valence-corrected chi connectivity index (χ1v) is 7.81. The van der Waals surface area contributed by atoms with E-state index in [0.717, 1.165) is 0 Å². The van der Waals surface area contributed by atoms with Gasteiger partial charge in [-0.3, -0.25) is 4.79 Å². The van der Waals surface area contributed by atoms with Crippen molar-refractivity contribution in [2.24, 2.45) is 5.92 Å². The first-order chi connectivity index (χ1) is 8.33. The quantitative estimate of drug-likeness (QED) is 0.756. The van der Waals surface area contributed by atoms with Gasteiger partial charge >= 0.3 is 0 Å². The number of hydrogen-bond donors (Lipinski definition) is 1. The number of carbonyl (C=O) groups excluding carboxylic acids is 1. The smallest absolute Gasteiger partial charge is 0.222 e. The lowest BCUT2D eigenvalue weighted by Gasteiger charge is -2.30. The summed E-state index contributed by atoms with van der Waals surface area (Å²) in [5.74, 6) is -0.310. The third-order valence-electron chi connectivity index (χ3n) is 2.78. The van der Waals surface area contributed by atoms with Crippen molar-refractivity contribution >= 4 is 15.9 Å². The van der Waals surface area contributed by atoms with Gasteiger partial charge in [0.25, 0.3) is 0 Å². The van der Waals surface area contributed by atoms with Crippen LogP contribution >= 0.6 is 0 Å². The number of nitrogens with one attached hydrogen (secondary N) is 1. The summed E-state index contributed by atoms with van der Waals surface area (Å²) in [7, 11) is -3.30. The van der Waals surface area contributed by atoms with Crippen LogP contribution in [-0.2, 0) is 19.6 Å². The van der Waals surface area contributed by atoms with Crippen LogP contribution in [0.3, 0.4) is 0 Å². The number of carbonyl (C=O) groups is 1. The Balaban J connectivity index is 2.42. The molecule has 1 fully saturated rings. The number of sulfonamides is 1. The minimum absolute atomic E-state index is 0.0574. The lowest BCUT2D eigenvalue weighted by molar-refractivity contribution is -0.123. The van der Waals surface area contributed by atoms with Gasteiger partial charge in [-0.15, -0.1) is 0 Å². The normalized spacial score (nSPS) is 22.1. The van der Waals surface area contributed by atoms with Gasteiger partial charge in [-0.25, -0.2) is 8.42 Å². The maximum atomic E-state index is 12.0. The summed E-state index contributed by atoms with van der Waals surface area (Å²) < 4.78 is 30.7. The van der Waals surface area contributed by atoms with E-state index in [1.165, 1.54) is 4.31 Å². The Morgan fingerprint density at radius 3 is 2.72 bits per heavy atom. The van der Waals surface area contributed by atoms with Crippen LogP contribution in [0, 0.1) is 5.92 Å². The van der Waals surface area contributed by atoms with Gasteiger partial charge in [-0.1, -0.05) is 13.8 Å². The van der Waals surface area contributed by atoms with E-state index in [0.29, 0.717) is 19.7 Å². The Hall–Kier alpha value is -0.660. The SMILES string of the molecule is CC1CN(S(=O)(=O)CCNC(=O)C(C)C)CCO1. The third-order valence-corrected chi connectivity index (χ3v) is 4.62. The molecule has 0 spiro atoms. The molecule has 1 aliphatic rings. The maximum Gasteiger partial charge on any atom is 0.222 e. The summed E-state index contributed by atoms with van der Waals surface area (Å²) >= 11 is 0. The molecule has 1 atom stereocenters. The number of rotatable bonds is 5. The highest BCUT2D eigenvalue weighted by Crippen LogP contribution is 2.09. The molecular formula is C11H22N2O4S. The van der Waals surface area contributed by atoms with E-state index in [4.69, 9.17) is 4.74 Å². The predicted molar refractivity (Wildman–Crippen MR) is 68.6 cm³/mol.